The van der Waals surface area contributed by atoms with Gasteiger partial charge in [-0.1, -0.05) is 26.2 Å². The highest BCUT2D eigenvalue weighted by atomic mass is 16.8. The van der Waals surface area contributed by atoms with E-state index in [0.717, 1.165) is 25.7 Å². The van der Waals surface area contributed by atoms with Crippen molar-refractivity contribution < 1.29 is 5.21 Å². The first-order valence-corrected chi connectivity index (χ1v) is 3.41. The molecule has 0 aliphatic carbocycles. The zero-order valence-electron chi connectivity index (χ0n) is 5.84. The van der Waals surface area contributed by atoms with Crippen LogP contribution in [0.15, 0.2) is 0 Å². The van der Waals surface area contributed by atoms with Crippen molar-refractivity contribution in [2.24, 2.45) is 0 Å². The minimum atomic E-state index is -0.00431. The van der Waals surface area contributed by atoms with Crippen molar-refractivity contribution in [2.45, 2.75) is 32.6 Å². The number of hydrogen-bond acceptors (Lipinski definition) is 3. The average molecular weight is 132 g/mol. The fourth-order valence-corrected chi connectivity index (χ4v) is 0.674. The third-order valence-corrected chi connectivity index (χ3v) is 1.20. The average Bonchev–Trinajstić information content (AvgIpc) is 1.80. The van der Waals surface area contributed by atoms with Crippen molar-refractivity contribution in [1.82, 2.24) is 5.23 Å². The van der Waals surface area contributed by atoms with Crippen LogP contribution in [-0.2, 0) is 0 Å². The molecule has 0 rings (SSSR count). The largest absolute Gasteiger partial charge is 0.762 e. The maximum atomic E-state index is 9.88. The Labute approximate surface area is 55.8 Å². The second-order valence-corrected chi connectivity index (χ2v) is 2.14. The zero-order valence-corrected chi connectivity index (χ0v) is 5.84. The second kappa shape index (κ2) is 6.01. The van der Waals surface area contributed by atoms with Crippen molar-refractivity contribution in [2.75, 3.05) is 6.54 Å². The molecule has 0 saturated heterocycles. The van der Waals surface area contributed by atoms with Gasteiger partial charge in [0.2, 0.25) is 0 Å². The van der Waals surface area contributed by atoms with Crippen molar-refractivity contribution >= 4 is 0 Å². The van der Waals surface area contributed by atoms with Crippen LogP contribution in [0.5, 0.6) is 0 Å². The zero-order chi connectivity index (χ0) is 7.11. The van der Waals surface area contributed by atoms with Crippen molar-refractivity contribution in [1.29, 1.82) is 0 Å². The van der Waals surface area contributed by atoms with Crippen LogP contribution >= 0.6 is 0 Å². The van der Waals surface area contributed by atoms with Crippen molar-refractivity contribution in [3.63, 3.8) is 0 Å². The van der Waals surface area contributed by atoms with E-state index in [1.54, 1.807) is 0 Å². The molecule has 0 unspecified atom stereocenters. The predicted molar refractivity (Wildman–Crippen MR) is 36.0 cm³/mol. The minimum absolute atomic E-state index is 0.00431. The van der Waals surface area contributed by atoms with Crippen LogP contribution in [0.1, 0.15) is 32.6 Å². The SMILES string of the molecule is CCCCCCN([O-])O. The Bertz CT molecular complexity index is 57.0. The molecule has 0 aromatic heterocycles. The van der Waals surface area contributed by atoms with Gasteiger partial charge in [-0.3, -0.25) is 5.23 Å². The normalized spacial score (nSPS) is 10.7. The fraction of sp³-hybridized carbons (Fsp3) is 1.00. The van der Waals surface area contributed by atoms with Crippen LogP contribution in [0, 0.1) is 5.21 Å². The predicted octanol–water partition coefficient (Wildman–Crippen LogP) is 1.76. The van der Waals surface area contributed by atoms with E-state index in [0.29, 0.717) is 0 Å². The van der Waals surface area contributed by atoms with E-state index in [4.69, 9.17) is 5.21 Å². The van der Waals surface area contributed by atoms with Gasteiger partial charge in [-0.25, -0.2) is 0 Å². The Balaban J connectivity index is 2.75. The third kappa shape index (κ3) is 7.88. The molecule has 0 heterocycles. The molecule has 0 atom stereocenters. The Morgan fingerprint density at radius 3 is 2.44 bits per heavy atom. The molecule has 0 spiro atoms. The molecule has 3 nitrogen and oxygen atoms in total. The van der Waals surface area contributed by atoms with Crippen LogP contribution in [0.4, 0.5) is 0 Å². The summed E-state index contributed by atoms with van der Waals surface area (Å²) in [7, 11) is 0. The minimum Gasteiger partial charge on any atom is -0.762 e. The van der Waals surface area contributed by atoms with Gasteiger partial charge in [0, 0.05) is 6.54 Å². The summed E-state index contributed by atoms with van der Waals surface area (Å²) in [6, 6.07) is 0. The number of rotatable bonds is 5. The highest BCUT2D eigenvalue weighted by molar-refractivity contribution is 4.44. The number of hydroxylamine groups is 2. The molecule has 0 saturated carbocycles. The maximum absolute atomic E-state index is 9.88. The quantitative estimate of drug-likeness (QED) is 0.458. The second-order valence-electron chi connectivity index (χ2n) is 2.14. The summed E-state index contributed by atoms with van der Waals surface area (Å²) in [6.07, 6.45) is 4.14. The molecule has 56 valence electrons. The third-order valence-electron chi connectivity index (χ3n) is 1.20. The first kappa shape index (κ1) is 8.88. The molecule has 9 heavy (non-hydrogen) atoms. The van der Waals surface area contributed by atoms with E-state index in [1.807, 2.05) is 0 Å². The van der Waals surface area contributed by atoms with Gasteiger partial charge in [-0.2, -0.15) is 0 Å². The molecule has 0 radical (unpaired) electrons. The van der Waals surface area contributed by atoms with Crippen LogP contribution in [-0.4, -0.2) is 17.0 Å². The van der Waals surface area contributed by atoms with Crippen molar-refractivity contribution in [3.05, 3.63) is 5.21 Å². The standard InChI is InChI=1S/C6H14NO2/c1-2-3-4-5-6-7(8)9/h8H,2-6H2,1H3/q-1. The Hall–Kier alpha value is -0.120. The Morgan fingerprint density at radius 1 is 1.33 bits per heavy atom. The topological polar surface area (TPSA) is 46.5 Å². The van der Waals surface area contributed by atoms with Crippen LogP contribution in [0.2, 0.25) is 0 Å². The summed E-state index contributed by atoms with van der Waals surface area (Å²) in [6.45, 7) is 2.36. The van der Waals surface area contributed by atoms with Crippen molar-refractivity contribution in [3.8, 4) is 0 Å². The van der Waals surface area contributed by atoms with Crippen LogP contribution in [0.25, 0.3) is 0 Å². The summed E-state index contributed by atoms with van der Waals surface area (Å²) in [4.78, 5) is 0. The van der Waals surface area contributed by atoms with E-state index >= 15 is 0 Å². The molecule has 0 aliphatic rings. The monoisotopic (exact) mass is 132 g/mol. The van der Waals surface area contributed by atoms with E-state index in [2.05, 4.69) is 6.92 Å². The van der Waals surface area contributed by atoms with E-state index < -0.39 is 0 Å². The lowest BCUT2D eigenvalue weighted by atomic mass is 10.2. The molecule has 0 fully saturated rings. The first-order chi connectivity index (χ1) is 4.27. The highest BCUT2D eigenvalue weighted by Crippen LogP contribution is 1.98. The van der Waals surface area contributed by atoms with E-state index in [-0.39, 0.29) is 11.8 Å². The molecule has 1 N–H and O–H groups in total. The van der Waals surface area contributed by atoms with Gasteiger partial charge in [0.15, 0.2) is 0 Å². The lowest BCUT2D eigenvalue weighted by Crippen LogP contribution is -2.11. The van der Waals surface area contributed by atoms with Gasteiger partial charge in [-0.05, 0) is 6.42 Å². The Kier molecular flexibility index (Phi) is 5.93. The lowest BCUT2D eigenvalue weighted by Gasteiger charge is -2.18. The molecule has 0 aliphatic heterocycles. The summed E-state index contributed by atoms with van der Waals surface area (Å²) in [5.74, 6) is 0. The van der Waals surface area contributed by atoms with Gasteiger partial charge < -0.3 is 10.4 Å². The summed E-state index contributed by atoms with van der Waals surface area (Å²) in [5, 5.41) is 18.0. The van der Waals surface area contributed by atoms with E-state index in [1.165, 1.54) is 0 Å². The molecule has 0 aromatic rings. The van der Waals surface area contributed by atoms with Crippen LogP contribution in [0.3, 0.4) is 0 Å². The highest BCUT2D eigenvalue weighted by Gasteiger charge is 1.86. The molecule has 0 aromatic carbocycles. The fourth-order valence-electron chi connectivity index (χ4n) is 0.674. The molecular formula is C6H14NO2-. The van der Waals surface area contributed by atoms with Gasteiger partial charge in [0.1, 0.15) is 0 Å². The van der Waals surface area contributed by atoms with Gasteiger partial charge in [-0.15, -0.1) is 0 Å². The number of nitrogens with zero attached hydrogens (tertiary/aromatic N) is 1. The number of unbranched alkanes of at least 4 members (excludes halogenated alkanes) is 3. The summed E-state index contributed by atoms with van der Waals surface area (Å²) in [5.41, 5.74) is 0. The lowest BCUT2D eigenvalue weighted by molar-refractivity contribution is -0.0414. The van der Waals surface area contributed by atoms with Gasteiger partial charge >= 0.3 is 0 Å². The summed E-state index contributed by atoms with van der Waals surface area (Å²) >= 11 is 0. The first-order valence-electron chi connectivity index (χ1n) is 3.41. The smallest absolute Gasteiger partial charge is 0.0104 e. The molecular weight excluding hydrogens is 118 g/mol. The van der Waals surface area contributed by atoms with Gasteiger partial charge in [0.05, 0.1) is 0 Å². The summed E-state index contributed by atoms with van der Waals surface area (Å²) < 4.78 is 0. The number of hydrogen-bond donors (Lipinski definition) is 1. The van der Waals surface area contributed by atoms with E-state index in [9.17, 15) is 5.21 Å². The molecule has 0 amide bonds. The van der Waals surface area contributed by atoms with Gasteiger partial charge in [0.25, 0.3) is 0 Å². The Morgan fingerprint density at radius 2 is 2.00 bits per heavy atom. The molecule has 0 bridgehead atoms. The van der Waals surface area contributed by atoms with Crippen LogP contribution < -0.4 is 0 Å². The molecule has 3 heteroatoms. The maximum Gasteiger partial charge on any atom is 0.0104 e.